The first kappa shape index (κ1) is 20.2. The minimum Gasteiger partial charge on any atom is -0.448 e. The molecule has 1 aliphatic heterocycles. The summed E-state index contributed by atoms with van der Waals surface area (Å²) in [6.45, 7) is 6.70. The van der Waals surface area contributed by atoms with Gasteiger partial charge in [0, 0.05) is 32.7 Å². The Bertz CT molecular complexity index is 841. The summed E-state index contributed by atoms with van der Waals surface area (Å²) in [4.78, 5) is 41.1. The smallest absolute Gasteiger partial charge is 0.349 e. The van der Waals surface area contributed by atoms with Gasteiger partial charge in [-0.25, -0.2) is 4.79 Å². The number of benzene rings is 1. The highest BCUT2D eigenvalue weighted by molar-refractivity contribution is 7.15. The van der Waals surface area contributed by atoms with E-state index in [0.717, 1.165) is 31.0 Å². The van der Waals surface area contributed by atoms with Crippen molar-refractivity contribution in [3.05, 3.63) is 57.8 Å². The van der Waals surface area contributed by atoms with Gasteiger partial charge in [-0.15, -0.1) is 11.3 Å². The van der Waals surface area contributed by atoms with Crippen LogP contribution in [0.4, 0.5) is 0 Å². The molecule has 1 saturated heterocycles. The Morgan fingerprint density at radius 3 is 2.25 bits per heavy atom. The number of Topliss-reactive ketones (excluding diaryl/α,β-unsaturated/α-hetero) is 1. The molecule has 1 amide bonds. The topological polar surface area (TPSA) is 66.9 Å². The van der Waals surface area contributed by atoms with Crippen LogP contribution >= 0.6 is 11.3 Å². The van der Waals surface area contributed by atoms with Gasteiger partial charge in [-0.1, -0.05) is 30.3 Å². The molecule has 1 aromatic heterocycles. The molecule has 148 valence electrons. The van der Waals surface area contributed by atoms with Gasteiger partial charge in [0.25, 0.3) is 5.91 Å². The average Bonchev–Trinajstić information content (AvgIpc) is 3.19. The van der Waals surface area contributed by atoms with Crippen molar-refractivity contribution in [1.29, 1.82) is 0 Å². The van der Waals surface area contributed by atoms with Crippen molar-refractivity contribution in [3.8, 4) is 0 Å². The first-order valence-corrected chi connectivity index (χ1v) is 10.1. The van der Waals surface area contributed by atoms with Gasteiger partial charge in [-0.3, -0.25) is 14.5 Å². The summed E-state index contributed by atoms with van der Waals surface area (Å²) in [6.07, 6.45) is -0.851. The zero-order chi connectivity index (χ0) is 20.1. The molecule has 6 nitrogen and oxygen atoms in total. The van der Waals surface area contributed by atoms with E-state index in [1.807, 2.05) is 18.2 Å². The Labute approximate surface area is 168 Å². The Morgan fingerprint density at radius 2 is 1.64 bits per heavy atom. The lowest BCUT2D eigenvalue weighted by Gasteiger charge is -2.35. The van der Waals surface area contributed by atoms with Crippen LogP contribution in [0.15, 0.2) is 42.5 Å². The molecule has 1 aliphatic rings. The zero-order valence-corrected chi connectivity index (χ0v) is 16.9. The normalized spacial score (nSPS) is 15.9. The zero-order valence-electron chi connectivity index (χ0n) is 16.1. The monoisotopic (exact) mass is 400 g/mol. The van der Waals surface area contributed by atoms with Crippen molar-refractivity contribution >= 4 is 29.0 Å². The van der Waals surface area contributed by atoms with Crippen LogP contribution in [-0.2, 0) is 16.1 Å². The highest BCUT2D eigenvalue weighted by Crippen LogP contribution is 2.19. The molecule has 0 saturated carbocycles. The quantitative estimate of drug-likeness (QED) is 0.551. The van der Waals surface area contributed by atoms with E-state index in [1.54, 1.807) is 24.0 Å². The number of ketones is 1. The molecule has 0 spiro atoms. The van der Waals surface area contributed by atoms with Gasteiger partial charge in [0.15, 0.2) is 11.9 Å². The van der Waals surface area contributed by atoms with Crippen molar-refractivity contribution in [1.82, 2.24) is 9.80 Å². The fourth-order valence-electron chi connectivity index (χ4n) is 3.13. The molecule has 3 rings (SSSR count). The molecule has 0 aliphatic carbocycles. The molecule has 1 fully saturated rings. The first-order chi connectivity index (χ1) is 13.4. The summed E-state index contributed by atoms with van der Waals surface area (Å²) in [7, 11) is 0. The Hall–Kier alpha value is -2.51. The lowest BCUT2D eigenvalue weighted by Crippen LogP contribution is -2.51. The maximum atomic E-state index is 12.6. The fraction of sp³-hybridized carbons (Fsp3) is 0.381. The standard InChI is InChI=1S/C21H24N2O4S/c1-15(24)18-8-9-19(28-18)21(26)27-16(2)20(25)23-12-10-22(11-13-23)14-17-6-4-3-5-7-17/h3-9,16H,10-14H2,1-2H3. The molecule has 7 heteroatoms. The minimum atomic E-state index is -0.851. The van der Waals surface area contributed by atoms with Crippen LogP contribution in [0.2, 0.25) is 0 Å². The van der Waals surface area contributed by atoms with Gasteiger partial charge in [0.05, 0.1) is 4.88 Å². The van der Waals surface area contributed by atoms with Crippen LogP contribution in [0.5, 0.6) is 0 Å². The molecule has 1 atom stereocenters. The van der Waals surface area contributed by atoms with E-state index in [0.29, 0.717) is 22.8 Å². The van der Waals surface area contributed by atoms with Gasteiger partial charge in [-0.2, -0.15) is 0 Å². The van der Waals surface area contributed by atoms with Crippen LogP contribution in [0.25, 0.3) is 0 Å². The van der Waals surface area contributed by atoms with Crippen molar-refractivity contribution < 1.29 is 19.1 Å². The summed E-state index contributed by atoms with van der Waals surface area (Å²) in [5.41, 5.74) is 1.26. The molecule has 0 radical (unpaired) electrons. The predicted molar refractivity (Wildman–Crippen MR) is 108 cm³/mol. The Balaban J connectivity index is 1.48. The van der Waals surface area contributed by atoms with Gasteiger partial charge < -0.3 is 9.64 Å². The predicted octanol–water partition coefficient (Wildman–Crippen LogP) is 2.84. The number of nitrogens with zero attached hydrogens (tertiary/aromatic N) is 2. The van der Waals surface area contributed by atoms with Crippen LogP contribution in [0.3, 0.4) is 0 Å². The summed E-state index contributed by atoms with van der Waals surface area (Å²) >= 11 is 1.08. The Kier molecular flexibility index (Phi) is 6.59. The van der Waals surface area contributed by atoms with E-state index in [2.05, 4.69) is 17.0 Å². The average molecular weight is 401 g/mol. The fourth-order valence-corrected chi connectivity index (χ4v) is 3.92. The molecular formula is C21H24N2O4S. The molecule has 2 heterocycles. The number of hydrogen-bond donors (Lipinski definition) is 0. The van der Waals surface area contributed by atoms with Crippen molar-refractivity contribution in [2.24, 2.45) is 0 Å². The number of carbonyl (C=O) groups is 3. The number of esters is 1. The molecule has 0 bridgehead atoms. The SMILES string of the molecule is CC(=O)c1ccc(C(=O)OC(C)C(=O)N2CCN(Cc3ccccc3)CC2)s1. The third kappa shape index (κ3) is 5.05. The maximum Gasteiger partial charge on any atom is 0.349 e. The lowest BCUT2D eigenvalue weighted by molar-refractivity contribution is -0.141. The van der Waals surface area contributed by atoms with E-state index in [4.69, 9.17) is 4.74 Å². The van der Waals surface area contributed by atoms with E-state index in [-0.39, 0.29) is 11.7 Å². The highest BCUT2D eigenvalue weighted by Gasteiger charge is 2.28. The molecule has 0 N–H and O–H groups in total. The number of amides is 1. The number of piperazine rings is 1. The summed E-state index contributed by atoms with van der Waals surface area (Å²) in [5, 5.41) is 0. The summed E-state index contributed by atoms with van der Waals surface area (Å²) < 4.78 is 5.32. The number of ether oxygens (including phenoxy) is 1. The number of rotatable bonds is 6. The van der Waals surface area contributed by atoms with Crippen molar-refractivity contribution in [3.63, 3.8) is 0 Å². The molecule has 28 heavy (non-hydrogen) atoms. The third-order valence-electron chi connectivity index (χ3n) is 4.72. The molecule has 1 aromatic carbocycles. The minimum absolute atomic E-state index is 0.0958. The van der Waals surface area contributed by atoms with E-state index < -0.39 is 12.1 Å². The van der Waals surface area contributed by atoms with Gasteiger partial charge in [0.2, 0.25) is 0 Å². The van der Waals surface area contributed by atoms with E-state index in [1.165, 1.54) is 12.5 Å². The number of thiophene rings is 1. The van der Waals surface area contributed by atoms with Crippen molar-refractivity contribution in [2.75, 3.05) is 26.2 Å². The lowest BCUT2D eigenvalue weighted by atomic mass is 10.2. The van der Waals surface area contributed by atoms with E-state index in [9.17, 15) is 14.4 Å². The van der Waals surface area contributed by atoms with Gasteiger partial charge in [0.1, 0.15) is 4.88 Å². The van der Waals surface area contributed by atoms with Gasteiger partial charge in [-0.05, 0) is 31.5 Å². The van der Waals surface area contributed by atoms with Crippen LogP contribution in [-0.4, -0.2) is 59.7 Å². The van der Waals surface area contributed by atoms with Crippen LogP contribution in [0.1, 0.15) is 38.8 Å². The Morgan fingerprint density at radius 1 is 1.00 bits per heavy atom. The molecule has 1 unspecified atom stereocenters. The van der Waals surface area contributed by atoms with Crippen LogP contribution in [0, 0.1) is 0 Å². The second kappa shape index (κ2) is 9.12. The van der Waals surface area contributed by atoms with Crippen LogP contribution < -0.4 is 0 Å². The molecular weight excluding hydrogens is 376 g/mol. The second-order valence-corrected chi connectivity index (χ2v) is 7.94. The van der Waals surface area contributed by atoms with Gasteiger partial charge >= 0.3 is 5.97 Å². The van der Waals surface area contributed by atoms with E-state index >= 15 is 0 Å². The third-order valence-corrected chi connectivity index (χ3v) is 5.88. The second-order valence-electron chi connectivity index (χ2n) is 6.85. The van der Waals surface area contributed by atoms with Crippen molar-refractivity contribution in [2.45, 2.75) is 26.5 Å². The molecule has 2 aromatic rings. The largest absolute Gasteiger partial charge is 0.448 e. The maximum absolute atomic E-state index is 12.6. The number of hydrogen-bond acceptors (Lipinski definition) is 6. The number of carbonyl (C=O) groups excluding carboxylic acids is 3. The summed E-state index contributed by atoms with van der Waals surface area (Å²) in [6, 6.07) is 13.4. The highest BCUT2D eigenvalue weighted by atomic mass is 32.1. The summed E-state index contributed by atoms with van der Waals surface area (Å²) in [5.74, 6) is -0.848. The first-order valence-electron chi connectivity index (χ1n) is 9.31.